The SMILES string of the molecule is [C-]#[N+]C1CN(c2ccc(N3CCN(c4cccc(-c5nncn5C(C)C)n4)C3=O)cn2)C1. The predicted molar refractivity (Wildman–Crippen MR) is 121 cm³/mol. The summed E-state index contributed by atoms with van der Waals surface area (Å²) in [5, 5.41) is 8.22. The summed E-state index contributed by atoms with van der Waals surface area (Å²) in [5.74, 6) is 2.10. The Bertz CT molecular complexity index is 1170. The zero-order valence-corrected chi connectivity index (χ0v) is 18.0. The van der Waals surface area contributed by atoms with E-state index in [-0.39, 0.29) is 18.1 Å². The van der Waals surface area contributed by atoms with Crippen molar-refractivity contribution in [1.82, 2.24) is 24.7 Å². The first-order chi connectivity index (χ1) is 15.5. The fourth-order valence-corrected chi connectivity index (χ4v) is 3.94. The highest BCUT2D eigenvalue weighted by Crippen LogP contribution is 2.28. The van der Waals surface area contributed by atoms with E-state index in [1.807, 2.05) is 34.9 Å². The Morgan fingerprint density at radius 1 is 1.09 bits per heavy atom. The lowest BCUT2D eigenvalue weighted by Gasteiger charge is -2.32. The lowest BCUT2D eigenvalue weighted by Crippen LogP contribution is -2.49. The van der Waals surface area contributed by atoms with Gasteiger partial charge in [-0.05, 0) is 38.1 Å². The summed E-state index contributed by atoms with van der Waals surface area (Å²) in [7, 11) is 0. The zero-order chi connectivity index (χ0) is 22.2. The van der Waals surface area contributed by atoms with E-state index in [2.05, 4.69) is 38.8 Å². The van der Waals surface area contributed by atoms with Gasteiger partial charge < -0.3 is 14.3 Å². The van der Waals surface area contributed by atoms with Gasteiger partial charge in [0.25, 0.3) is 6.04 Å². The molecular weight excluding hydrogens is 406 g/mol. The fourth-order valence-electron chi connectivity index (χ4n) is 3.94. The summed E-state index contributed by atoms with van der Waals surface area (Å²) in [6, 6.07) is 9.53. The predicted octanol–water partition coefficient (Wildman–Crippen LogP) is 2.87. The molecule has 2 aliphatic rings. The van der Waals surface area contributed by atoms with E-state index in [1.165, 1.54) is 0 Å². The molecule has 2 aliphatic heterocycles. The van der Waals surface area contributed by atoms with Crippen LogP contribution in [0.15, 0.2) is 42.9 Å². The van der Waals surface area contributed by atoms with E-state index >= 15 is 0 Å². The third-order valence-electron chi connectivity index (χ3n) is 5.79. The van der Waals surface area contributed by atoms with Crippen LogP contribution in [0.5, 0.6) is 0 Å². The molecule has 0 radical (unpaired) electrons. The van der Waals surface area contributed by atoms with Gasteiger partial charge in [-0.25, -0.2) is 21.3 Å². The monoisotopic (exact) mass is 429 g/mol. The number of amides is 2. The molecule has 0 atom stereocenters. The molecule has 2 fully saturated rings. The number of aromatic nitrogens is 5. The molecule has 0 N–H and O–H groups in total. The van der Waals surface area contributed by atoms with Crippen molar-refractivity contribution >= 4 is 23.4 Å². The summed E-state index contributed by atoms with van der Waals surface area (Å²) >= 11 is 0. The maximum absolute atomic E-state index is 13.2. The van der Waals surface area contributed by atoms with Crippen LogP contribution in [-0.4, -0.2) is 63.0 Å². The maximum Gasteiger partial charge on any atom is 0.330 e. The summed E-state index contributed by atoms with van der Waals surface area (Å²) in [6.07, 6.45) is 3.41. The lowest BCUT2D eigenvalue weighted by atomic mass is 10.1. The standard InChI is InChI=1S/C22H23N9O/c1-15(2)31-14-25-27-21(31)18-5-4-6-20(26-18)30-10-9-29(22(30)32)17-7-8-19(24-11-17)28-12-16(13-28)23-3/h4-8,11,14-16H,9-10,12-13H2,1-2H3. The van der Waals surface area contributed by atoms with E-state index < -0.39 is 0 Å². The number of carbonyl (C=O) groups excluding carboxylic acids is 1. The van der Waals surface area contributed by atoms with Crippen molar-refractivity contribution in [2.75, 3.05) is 40.9 Å². The van der Waals surface area contributed by atoms with Gasteiger partial charge in [0.2, 0.25) is 0 Å². The minimum atomic E-state index is -0.133. The molecule has 5 heterocycles. The summed E-state index contributed by atoms with van der Waals surface area (Å²) in [5.41, 5.74) is 1.43. The normalized spacial score (nSPS) is 16.6. The first-order valence-electron chi connectivity index (χ1n) is 10.6. The number of hydrogen-bond acceptors (Lipinski definition) is 6. The van der Waals surface area contributed by atoms with Crippen LogP contribution in [0.2, 0.25) is 0 Å². The molecule has 0 spiro atoms. The van der Waals surface area contributed by atoms with Crippen LogP contribution in [0.25, 0.3) is 16.4 Å². The summed E-state index contributed by atoms with van der Waals surface area (Å²) < 4.78 is 1.95. The third kappa shape index (κ3) is 3.41. The van der Waals surface area contributed by atoms with Crippen molar-refractivity contribution in [2.45, 2.75) is 25.9 Å². The molecule has 0 saturated carbocycles. The molecule has 3 aromatic rings. The van der Waals surface area contributed by atoms with E-state index in [0.29, 0.717) is 43.5 Å². The molecule has 10 nitrogen and oxygen atoms in total. The van der Waals surface area contributed by atoms with Gasteiger partial charge in [0.15, 0.2) is 5.82 Å². The minimum Gasteiger partial charge on any atom is -0.341 e. The highest BCUT2D eigenvalue weighted by Gasteiger charge is 2.34. The number of carbonyl (C=O) groups is 1. The number of anilines is 3. The summed E-state index contributed by atoms with van der Waals surface area (Å²) in [6.45, 7) is 13.7. The Morgan fingerprint density at radius 3 is 2.62 bits per heavy atom. The van der Waals surface area contributed by atoms with Crippen LogP contribution in [0, 0.1) is 6.57 Å². The Morgan fingerprint density at radius 2 is 1.91 bits per heavy atom. The molecule has 2 amide bonds. The van der Waals surface area contributed by atoms with Crippen molar-refractivity contribution < 1.29 is 4.79 Å². The molecule has 5 rings (SSSR count). The Labute approximate surface area is 185 Å². The molecule has 162 valence electrons. The Kier molecular flexibility index (Phi) is 4.93. The van der Waals surface area contributed by atoms with Crippen LogP contribution < -0.4 is 14.7 Å². The number of urea groups is 1. The largest absolute Gasteiger partial charge is 0.341 e. The minimum absolute atomic E-state index is 0.0582. The van der Waals surface area contributed by atoms with Gasteiger partial charge >= 0.3 is 6.03 Å². The molecule has 3 aromatic heterocycles. The van der Waals surface area contributed by atoms with E-state index in [9.17, 15) is 4.79 Å². The molecule has 0 bridgehead atoms. The van der Waals surface area contributed by atoms with Gasteiger partial charge in [-0.1, -0.05) is 6.07 Å². The first-order valence-corrected chi connectivity index (χ1v) is 10.6. The van der Waals surface area contributed by atoms with Gasteiger partial charge in [-0.15, -0.1) is 10.2 Å². The van der Waals surface area contributed by atoms with Gasteiger partial charge in [0.05, 0.1) is 25.0 Å². The second kappa shape index (κ2) is 7.92. The van der Waals surface area contributed by atoms with E-state index in [0.717, 1.165) is 11.5 Å². The molecule has 0 unspecified atom stereocenters. The third-order valence-corrected chi connectivity index (χ3v) is 5.79. The van der Waals surface area contributed by atoms with Crippen molar-refractivity contribution in [1.29, 1.82) is 0 Å². The van der Waals surface area contributed by atoms with Gasteiger partial charge in [-0.2, -0.15) is 0 Å². The molecule has 0 aromatic carbocycles. The first kappa shape index (κ1) is 19.9. The number of hydrogen-bond donors (Lipinski definition) is 0. The van der Waals surface area contributed by atoms with Crippen LogP contribution >= 0.6 is 0 Å². The summed E-state index contributed by atoms with van der Waals surface area (Å²) in [4.78, 5) is 31.3. The Balaban J connectivity index is 1.33. The second-order valence-electron chi connectivity index (χ2n) is 8.18. The average molecular weight is 429 g/mol. The number of rotatable bonds is 5. The fraction of sp³-hybridized carbons (Fsp3) is 0.364. The van der Waals surface area contributed by atoms with E-state index in [1.54, 1.807) is 22.3 Å². The zero-order valence-electron chi connectivity index (χ0n) is 18.0. The number of nitrogens with zero attached hydrogens (tertiary/aromatic N) is 9. The van der Waals surface area contributed by atoms with Crippen LogP contribution in [0.4, 0.5) is 22.1 Å². The van der Waals surface area contributed by atoms with Gasteiger partial charge in [0.1, 0.15) is 23.7 Å². The van der Waals surface area contributed by atoms with Crippen LogP contribution in [-0.2, 0) is 0 Å². The van der Waals surface area contributed by atoms with Crippen molar-refractivity contribution in [3.8, 4) is 11.5 Å². The molecule has 2 saturated heterocycles. The smallest absolute Gasteiger partial charge is 0.330 e. The van der Waals surface area contributed by atoms with Gasteiger partial charge in [0, 0.05) is 19.1 Å². The molecular formula is C22H23N9O. The topological polar surface area (TPSA) is 87.6 Å². The highest BCUT2D eigenvalue weighted by molar-refractivity contribution is 6.05. The maximum atomic E-state index is 13.2. The van der Waals surface area contributed by atoms with Gasteiger partial charge in [-0.3, -0.25) is 9.80 Å². The number of pyridine rings is 2. The highest BCUT2D eigenvalue weighted by atomic mass is 16.2. The van der Waals surface area contributed by atoms with Crippen LogP contribution in [0.1, 0.15) is 19.9 Å². The van der Waals surface area contributed by atoms with Crippen molar-refractivity contribution in [3.05, 3.63) is 54.3 Å². The molecule has 32 heavy (non-hydrogen) atoms. The van der Waals surface area contributed by atoms with Crippen molar-refractivity contribution in [3.63, 3.8) is 0 Å². The average Bonchev–Trinajstić information content (AvgIpc) is 3.41. The molecule has 0 aliphatic carbocycles. The van der Waals surface area contributed by atoms with E-state index in [4.69, 9.17) is 11.6 Å². The van der Waals surface area contributed by atoms with Crippen LogP contribution in [0.3, 0.4) is 0 Å². The second-order valence-corrected chi connectivity index (χ2v) is 8.18. The quantitative estimate of drug-likeness (QED) is 0.580. The van der Waals surface area contributed by atoms with Crippen molar-refractivity contribution in [2.24, 2.45) is 0 Å². The lowest BCUT2D eigenvalue weighted by molar-refractivity contribution is 0.255. The Hall–Kier alpha value is -4.00. The molecule has 10 heteroatoms.